The van der Waals surface area contributed by atoms with Crippen LogP contribution in [0.25, 0.3) is 0 Å². The van der Waals surface area contributed by atoms with Gasteiger partial charge in [-0.25, -0.2) is 9.48 Å². The SMILES string of the molecule is CO[C@H]1/C=C\C=C(/C)C(=O)NC2=CC(=O)C(CCCCCCCC(=O)c3ccc(CC4CCCCc5c(nnn5CCOc5ccc([C@H]6C[C@@]7(C)C(CC[C@@H]7O)C7CCc8cc(O)ccc8C76)cc5)C4(F)F)cc3)=C(C[C@@H](C)C[C@H](OC)[C@H](O)[C@@H](C)/C=C(\C)[C@@H]1OC(N)=O)C2=O. The number of fused-ring (bicyclic) bond motifs is 8. The zero-order chi connectivity index (χ0) is 68.6. The van der Waals surface area contributed by atoms with E-state index in [9.17, 15) is 39.3 Å². The smallest absolute Gasteiger partial charge is 0.405 e. The Kier molecular flexibility index (Phi) is 23.3. The van der Waals surface area contributed by atoms with Gasteiger partial charge in [0, 0.05) is 60.8 Å². The Morgan fingerprint density at radius 1 is 0.885 bits per heavy atom. The number of rotatable bonds is 19. The number of amides is 2. The van der Waals surface area contributed by atoms with Gasteiger partial charge in [-0.15, -0.1) is 5.10 Å². The van der Waals surface area contributed by atoms with Crippen LogP contribution in [0.5, 0.6) is 11.5 Å². The number of halogens is 2. The average molecular weight is 1320 g/mol. The molecular weight excluding hydrogens is 1220 g/mol. The van der Waals surface area contributed by atoms with Crippen molar-refractivity contribution in [3.8, 4) is 11.5 Å². The number of ketones is 3. The minimum Gasteiger partial charge on any atom is -0.508 e. The summed E-state index contributed by atoms with van der Waals surface area (Å²) in [4.78, 5) is 67.1. The first-order valence-electron chi connectivity index (χ1n) is 34.7. The van der Waals surface area contributed by atoms with E-state index in [1.54, 1.807) is 67.9 Å². The van der Waals surface area contributed by atoms with Gasteiger partial charge in [0.1, 0.15) is 24.2 Å². The average Bonchev–Trinajstić information content (AvgIpc) is 1.36. The molecule has 516 valence electrons. The fourth-order valence-corrected chi connectivity index (χ4v) is 16.7. The van der Waals surface area contributed by atoms with Gasteiger partial charge in [-0.2, -0.15) is 8.78 Å². The largest absolute Gasteiger partial charge is 0.508 e. The number of nitrogens with one attached hydrogen (secondary N) is 1. The lowest BCUT2D eigenvalue weighted by molar-refractivity contribution is -0.120. The van der Waals surface area contributed by atoms with Crippen LogP contribution in [-0.2, 0) is 60.3 Å². The number of aromatic hydroxyl groups is 1. The van der Waals surface area contributed by atoms with E-state index >= 15 is 8.78 Å². The number of aliphatic hydroxyl groups excluding tert-OH is 2. The highest BCUT2D eigenvalue weighted by Crippen LogP contribution is 2.65. The fourth-order valence-electron chi connectivity index (χ4n) is 16.7. The van der Waals surface area contributed by atoms with Crippen LogP contribution >= 0.6 is 0 Å². The number of allylic oxidation sites excluding steroid dienone is 5. The number of phenolic OH excluding ortho intramolecular Hbond substituents is 1. The van der Waals surface area contributed by atoms with Gasteiger partial charge >= 0.3 is 6.09 Å². The molecule has 6 N–H and O–H groups in total. The van der Waals surface area contributed by atoms with Crippen molar-refractivity contribution in [1.29, 1.82) is 0 Å². The fraction of sp³-hybridized carbons (Fsp3) is 0.545. The number of Topliss-reactive ketones (excluding diaryl/α,β-unsaturated/α-hetero) is 2. The number of primary amides is 1. The molecule has 6 aliphatic rings. The Morgan fingerprint density at radius 3 is 2.38 bits per heavy atom. The highest BCUT2D eigenvalue weighted by Gasteiger charge is 2.58. The Balaban J connectivity index is 0.701. The number of unbranched alkanes of at least 4 members (excludes halogenated alkanes) is 4. The molecule has 96 heavy (non-hydrogen) atoms. The molecule has 2 heterocycles. The van der Waals surface area contributed by atoms with Gasteiger partial charge in [-0.1, -0.05) is 118 Å². The molecule has 2 fully saturated rings. The maximum Gasteiger partial charge on any atom is 0.405 e. The number of carbonyl (C=O) groups is 5. The molecule has 10 rings (SSSR count). The minimum atomic E-state index is -3.24. The van der Waals surface area contributed by atoms with Gasteiger partial charge in [0.2, 0.25) is 5.78 Å². The Labute approximate surface area is 563 Å². The van der Waals surface area contributed by atoms with Crippen molar-refractivity contribution >= 4 is 29.4 Å². The van der Waals surface area contributed by atoms with Crippen molar-refractivity contribution in [3.05, 3.63) is 164 Å². The van der Waals surface area contributed by atoms with Crippen LogP contribution < -0.4 is 15.8 Å². The Morgan fingerprint density at radius 2 is 1.64 bits per heavy atom. The first kappa shape index (κ1) is 71.3. The number of alkyl halides is 2. The molecule has 1 aliphatic heterocycles. The summed E-state index contributed by atoms with van der Waals surface area (Å²) in [5, 5.41) is 44.3. The molecule has 4 aromatic rings. The van der Waals surface area contributed by atoms with Crippen LogP contribution in [0, 0.1) is 35.0 Å². The Bertz CT molecular complexity index is 3630. The molecule has 2 bridgehead atoms. The molecule has 2 saturated carbocycles. The van der Waals surface area contributed by atoms with Crippen molar-refractivity contribution in [2.24, 2.45) is 40.7 Å². The van der Waals surface area contributed by atoms with Crippen molar-refractivity contribution in [3.63, 3.8) is 0 Å². The van der Waals surface area contributed by atoms with Crippen LogP contribution in [-0.4, -0.2) is 111 Å². The van der Waals surface area contributed by atoms with Gasteiger partial charge < -0.3 is 45.3 Å². The molecule has 17 nitrogen and oxygen atoms in total. The van der Waals surface area contributed by atoms with Crippen LogP contribution in [0.4, 0.5) is 13.6 Å². The number of aryl methyl sites for hydroxylation is 1. The first-order valence-corrected chi connectivity index (χ1v) is 34.7. The number of aliphatic hydroxyl groups is 2. The number of benzene rings is 3. The maximum absolute atomic E-state index is 16.7. The predicted octanol–water partition coefficient (Wildman–Crippen LogP) is 13.1. The second kappa shape index (κ2) is 31.4. The molecule has 13 atom stereocenters. The third-order valence-electron chi connectivity index (χ3n) is 21.9. The Hall–Kier alpha value is -7.45. The predicted molar refractivity (Wildman–Crippen MR) is 360 cm³/mol. The second-order valence-corrected chi connectivity index (χ2v) is 28.3. The number of hydrogen-bond acceptors (Lipinski definition) is 14. The number of ether oxygens (including phenoxy) is 4. The summed E-state index contributed by atoms with van der Waals surface area (Å²) < 4.78 is 58.1. The van der Waals surface area contributed by atoms with Crippen molar-refractivity contribution in [1.82, 2.24) is 20.3 Å². The molecule has 19 heteroatoms. The topological polar surface area (TPSA) is 252 Å². The van der Waals surface area contributed by atoms with Gasteiger partial charge in [0.25, 0.3) is 11.8 Å². The van der Waals surface area contributed by atoms with E-state index < -0.39 is 60.0 Å². The maximum atomic E-state index is 16.7. The summed E-state index contributed by atoms with van der Waals surface area (Å²) in [5.74, 6) is -4.13. The lowest BCUT2D eigenvalue weighted by atomic mass is 9.51. The number of phenols is 1. The van der Waals surface area contributed by atoms with E-state index in [0.29, 0.717) is 115 Å². The molecule has 0 saturated heterocycles. The molecule has 2 amide bonds. The van der Waals surface area contributed by atoms with Crippen LogP contribution in [0.15, 0.2) is 125 Å². The van der Waals surface area contributed by atoms with Crippen molar-refractivity contribution < 1.29 is 67.0 Å². The number of hydrogen-bond donors (Lipinski definition) is 5. The van der Waals surface area contributed by atoms with Gasteiger partial charge in [0.05, 0.1) is 36.2 Å². The standard InChI is InChI=1S/C77H97F2N5O12/c1-45-38-59-57(65(87)43-62(71(59)90)81-74(91)46(2)16-15-21-66(93-6)72(96-75(80)92)48(4)40-47(3)70(89)67(39-45)94-7)18-11-9-8-10-12-20-64(86)51-24-22-49(23-25-51)41-53-17-13-14-19-63-73(77(53,78)79)82-83-84(63)36-37-95-55-30-26-50(27-31-55)60-44-76(5)61(34-35-68(76)88)58-32-28-52-42-54(85)29-33-56(52)69(58)60/h15-16,21-27,29-31,33,40,42-43,45,47,53,58,60-61,66-70,72,85,88-89H,8-14,17-20,28,32,34-39,41,44H2,1-7H3,(H2,80,92)(H,81,91)/b21-15-,46-16+,48-40+/t45-,47+,53?,58?,60-,61?,66+,67+,68+,69?,70-,72+,76+/m1/s1. The molecular formula is C77H97F2N5O12. The van der Waals surface area contributed by atoms with E-state index in [2.05, 4.69) is 40.8 Å². The number of nitrogens with zero attached hydrogens (tertiary/aromatic N) is 3. The minimum absolute atomic E-state index is 0.0393. The molecule has 3 aromatic carbocycles. The quantitative estimate of drug-likeness (QED) is 0.0253. The highest BCUT2D eigenvalue weighted by molar-refractivity contribution is 6.23. The van der Waals surface area contributed by atoms with E-state index in [0.717, 1.165) is 51.4 Å². The van der Waals surface area contributed by atoms with E-state index in [1.165, 1.54) is 43.1 Å². The summed E-state index contributed by atoms with van der Waals surface area (Å²) >= 11 is 0. The highest BCUT2D eigenvalue weighted by atomic mass is 19.3. The third-order valence-corrected chi connectivity index (χ3v) is 21.9. The summed E-state index contributed by atoms with van der Waals surface area (Å²) in [5.41, 5.74) is 11.7. The number of nitrogens with two attached hydrogens (primary N) is 1. The summed E-state index contributed by atoms with van der Waals surface area (Å²) in [6.07, 6.45) is 14.3. The van der Waals surface area contributed by atoms with E-state index in [-0.39, 0.29) is 83.8 Å². The van der Waals surface area contributed by atoms with E-state index in [1.807, 2.05) is 31.2 Å². The van der Waals surface area contributed by atoms with Crippen molar-refractivity contribution in [2.75, 3.05) is 20.8 Å². The van der Waals surface area contributed by atoms with Gasteiger partial charge in [-0.05, 0) is 191 Å². The van der Waals surface area contributed by atoms with E-state index in [4.69, 9.17) is 24.7 Å². The van der Waals surface area contributed by atoms with Crippen LogP contribution in [0.1, 0.15) is 193 Å². The molecule has 4 unspecified atom stereocenters. The first-order chi connectivity index (χ1) is 46.0. The van der Waals surface area contributed by atoms with Gasteiger partial charge in [-0.3, -0.25) is 19.2 Å². The zero-order valence-electron chi connectivity index (χ0n) is 56.7. The monoisotopic (exact) mass is 1320 g/mol. The summed E-state index contributed by atoms with van der Waals surface area (Å²) in [6.45, 7) is 9.75. The zero-order valence-corrected chi connectivity index (χ0v) is 56.7. The normalized spacial score (nSPS) is 30.2. The number of carbonyl (C=O) groups excluding carboxylic acids is 5. The third kappa shape index (κ3) is 16.1. The van der Waals surface area contributed by atoms with Crippen LogP contribution in [0.2, 0.25) is 0 Å². The number of aromatic nitrogens is 3. The van der Waals surface area contributed by atoms with Crippen LogP contribution in [0.3, 0.4) is 0 Å². The molecule has 0 spiro atoms. The second-order valence-electron chi connectivity index (χ2n) is 28.3. The number of methoxy groups -OCH3 is 2. The molecule has 0 radical (unpaired) electrons. The van der Waals surface area contributed by atoms with Gasteiger partial charge in [0.15, 0.2) is 23.4 Å². The molecule has 5 aliphatic carbocycles. The lowest BCUT2D eigenvalue weighted by Crippen LogP contribution is -2.47. The lowest BCUT2D eigenvalue weighted by Gasteiger charge is -2.54. The summed E-state index contributed by atoms with van der Waals surface area (Å²) in [7, 11) is 2.92. The van der Waals surface area contributed by atoms with Crippen molar-refractivity contribution in [2.45, 2.75) is 211 Å². The molecule has 1 aromatic heterocycles. The summed E-state index contributed by atoms with van der Waals surface area (Å²) in [6, 6.07) is 21.1.